The average molecular weight is 426 g/mol. The molecule has 0 saturated heterocycles. The Bertz CT molecular complexity index is 1070. The van der Waals surface area contributed by atoms with Crippen LogP contribution < -0.4 is 11.1 Å². The number of rotatable bonds is 7. The van der Waals surface area contributed by atoms with Crippen molar-refractivity contribution in [1.82, 2.24) is 9.97 Å². The first kappa shape index (κ1) is 20.9. The number of nitrogens with zero attached hydrogens (tertiary/aromatic N) is 2. The third-order valence-electron chi connectivity index (χ3n) is 3.86. The predicted molar refractivity (Wildman–Crippen MR) is 111 cm³/mol. The molecule has 0 aliphatic heterocycles. The number of nitrogens with two attached hydrogens (primary N) is 1. The van der Waals surface area contributed by atoms with E-state index in [2.05, 4.69) is 15.3 Å². The molecule has 0 saturated carbocycles. The molecule has 2 heterocycles. The number of carbonyl (C=O) groups excluding carboxylic acids is 3. The number of ether oxygens (including phenoxy) is 2. The highest BCUT2D eigenvalue weighted by Crippen LogP contribution is 2.36. The molecular weight excluding hydrogens is 408 g/mol. The number of anilines is 2. The highest BCUT2D eigenvalue weighted by atomic mass is 32.1. The van der Waals surface area contributed by atoms with Gasteiger partial charge in [-0.15, -0.1) is 11.3 Å². The van der Waals surface area contributed by atoms with E-state index >= 15 is 0 Å². The van der Waals surface area contributed by atoms with Gasteiger partial charge in [-0.25, -0.2) is 19.6 Å². The molecule has 0 radical (unpaired) electrons. The summed E-state index contributed by atoms with van der Waals surface area (Å²) in [6.45, 7) is 1.30. The lowest BCUT2D eigenvalue weighted by Gasteiger charge is -2.09. The van der Waals surface area contributed by atoms with Crippen molar-refractivity contribution in [3.63, 3.8) is 0 Å². The lowest BCUT2D eigenvalue weighted by atomic mass is 10.0. The molecule has 3 rings (SSSR count). The molecule has 9 nitrogen and oxygen atoms in total. The van der Waals surface area contributed by atoms with Crippen LogP contribution in [0.1, 0.15) is 27.8 Å². The maximum atomic E-state index is 12.5. The predicted octanol–water partition coefficient (Wildman–Crippen LogP) is 2.76. The van der Waals surface area contributed by atoms with Crippen molar-refractivity contribution in [2.75, 3.05) is 24.3 Å². The fraction of sp³-hybridized carbons (Fsp3) is 0.150. The van der Waals surface area contributed by atoms with Crippen LogP contribution in [0.25, 0.3) is 11.1 Å². The van der Waals surface area contributed by atoms with Crippen molar-refractivity contribution < 1.29 is 23.9 Å². The summed E-state index contributed by atoms with van der Waals surface area (Å²) in [5, 5.41) is 4.65. The van der Waals surface area contributed by atoms with E-state index in [4.69, 9.17) is 15.2 Å². The molecule has 0 unspecified atom stereocenters. The zero-order valence-electron chi connectivity index (χ0n) is 16.0. The number of carbonyl (C=O) groups is 3. The summed E-state index contributed by atoms with van der Waals surface area (Å²) in [4.78, 5) is 44.4. The fourth-order valence-corrected chi connectivity index (χ4v) is 3.53. The maximum absolute atomic E-state index is 12.5. The van der Waals surface area contributed by atoms with E-state index in [0.717, 1.165) is 5.56 Å². The Morgan fingerprint density at radius 1 is 1.07 bits per heavy atom. The first-order chi connectivity index (χ1) is 14.5. The quantitative estimate of drug-likeness (QED) is 0.551. The van der Waals surface area contributed by atoms with E-state index < -0.39 is 24.5 Å². The molecule has 0 aliphatic carbocycles. The van der Waals surface area contributed by atoms with Crippen molar-refractivity contribution in [3.8, 4) is 11.1 Å². The molecule has 0 bridgehead atoms. The topological polar surface area (TPSA) is 134 Å². The highest BCUT2D eigenvalue weighted by Gasteiger charge is 2.23. The van der Waals surface area contributed by atoms with Crippen LogP contribution in [0.5, 0.6) is 0 Å². The standard InChI is InChI=1S/C20H18N4O5S/c1-2-28-19(26)15-13(12-6-4-3-5-7-12)11-30-18(15)24-14(25)10-29-20(27)16-17(21)23-9-8-22-16/h3-9,11H,2,10H2,1H3,(H2,21,23)(H,24,25). The van der Waals surface area contributed by atoms with Crippen LogP contribution >= 0.6 is 11.3 Å². The van der Waals surface area contributed by atoms with Crippen molar-refractivity contribution in [1.29, 1.82) is 0 Å². The summed E-state index contributed by atoms with van der Waals surface area (Å²) in [5.74, 6) is -2.16. The lowest BCUT2D eigenvalue weighted by molar-refractivity contribution is -0.119. The van der Waals surface area contributed by atoms with E-state index in [-0.39, 0.29) is 23.7 Å². The van der Waals surface area contributed by atoms with Gasteiger partial charge in [0.1, 0.15) is 10.6 Å². The molecule has 3 N–H and O–H groups in total. The van der Waals surface area contributed by atoms with Gasteiger partial charge in [0.05, 0.1) is 6.61 Å². The van der Waals surface area contributed by atoms with Crippen molar-refractivity contribution in [2.45, 2.75) is 6.92 Å². The summed E-state index contributed by atoms with van der Waals surface area (Å²) in [6, 6.07) is 9.25. The van der Waals surface area contributed by atoms with E-state index in [1.807, 2.05) is 30.3 Å². The number of nitrogens with one attached hydrogen (secondary N) is 1. The van der Waals surface area contributed by atoms with Crippen molar-refractivity contribution in [2.24, 2.45) is 0 Å². The number of nitrogen functional groups attached to an aromatic ring is 1. The maximum Gasteiger partial charge on any atom is 0.361 e. The lowest BCUT2D eigenvalue weighted by Crippen LogP contribution is -2.22. The molecule has 10 heteroatoms. The minimum Gasteiger partial charge on any atom is -0.462 e. The van der Waals surface area contributed by atoms with Crippen molar-refractivity contribution in [3.05, 3.63) is 59.4 Å². The van der Waals surface area contributed by atoms with E-state index in [9.17, 15) is 14.4 Å². The van der Waals surface area contributed by atoms with Gasteiger partial charge in [-0.05, 0) is 12.5 Å². The van der Waals surface area contributed by atoms with E-state index in [0.29, 0.717) is 10.6 Å². The zero-order valence-corrected chi connectivity index (χ0v) is 16.8. The molecule has 30 heavy (non-hydrogen) atoms. The largest absolute Gasteiger partial charge is 0.462 e. The summed E-state index contributed by atoms with van der Waals surface area (Å²) >= 11 is 1.17. The number of hydrogen-bond acceptors (Lipinski definition) is 9. The Labute approximate surface area is 175 Å². The molecule has 0 aliphatic rings. The van der Waals surface area contributed by atoms with Gasteiger partial charge in [-0.2, -0.15) is 0 Å². The third-order valence-corrected chi connectivity index (χ3v) is 4.76. The van der Waals surface area contributed by atoms with Gasteiger partial charge in [0.15, 0.2) is 18.1 Å². The second-order valence-corrected chi connectivity index (χ2v) is 6.73. The fourth-order valence-electron chi connectivity index (χ4n) is 2.55. The third kappa shape index (κ3) is 4.78. The number of benzene rings is 1. The molecule has 2 aromatic heterocycles. The molecule has 1 aromatic carbocycles. The molecule has 0 atom stereocenters. The summed E-state index contributed by atoms with van der Waals surface area (Å²) in [7, 11) is 0. The second kappa shape index (κ2) is 9.61. The number of amides is 1. The van der Waals surface area contributed by atoms with Crippen LogP contribution in [0.2, 0.25) is 0 Å². The minimum absolute atomic E-state index is 0.0988. The van der Waals surface area contributed by atoms with Gasteiger partial charge in [0.2, 0.25) is 0 Å². The SMILES string of the molecule is CCOC(=O)c1c(-c2ccccc2)csc1NC(=O)COC(=O)c1nccnc1N. The van der Waals surface area contributed by atoms with Gasteiger partial charge in [-0.1, -0.05) is 30.3 Å². The highest BCUT2D eigenvalue weighted by molar-refractivity contribution is 7.15. The number of hydrogen-bond donors (Lipinski definition) is 2. The summed E-state index contributed by atoms with van der Waals surface area (Å²) in [5.41, 5.74) is 7.07. The monoisotopic (exact) mass is 426 g/mol. The smallest absolute Gasteiger partial charge is 0.361 e. The number of esters is 2. The molecule has 154 valence electrons. The Morgan fingerprint density at radius 3 is 2.50 bits per heavy atom. The molecule has 1 amide bonds. The van der Waals surface area contributed by atoms with E-state index in [1.54, 1.807) is 12.3 Å². The zero-order chi connectivity index (χ0) is 21.5. The second-order valence-electron chi connectivity index (χ2n) is 5.85. The van der Waals surface area contributed by atoms with Crippen LogP contribution in [-0.2, 0) is 14.3 Å². The van der Waals surface area contributed by atoms with Crippen LogP contribution in [-0.4, -0.2) is 41.0 Å². The summed E-state index contributed by atoms with van der Waals surface area (Å²) < 4.78 is 10.1. The average Bonchev–Trinajstić information content (AvgIpc) is 3.16. The van der Waals surface area contributed by atoms with Gasteiger partial charge in [-0.3, -0.25) is 4.79 Å². The Hall–Kier alpha value is -3.79. The number of aromatic nitrogens is 2. The van der Waals surface area contributed by atoms with Gasteiger partial charge in [0.25, 0.3) is 5.91 Å². The first-order valence-corrected chi connectivity index (χ1v) is 9.76. The van der Waals surface area contributed by atoms with Crippen LogP contribution in [0.4, 0.5) is 10.8 Å². The van der Waals surface area contributed by atoms with Gasteiger partial charge >= 0.3 is 11.9 Å². The molecule has 3 aromatic rings. The Balaban J connectivity index is 1.75. The molecule has 0 spiro atoms. The van der Waals surface area contributed by atoms with Crippen LogP contribution in [0, 0.1) is 0 Å². The van der Waals surface area contributed by atoms with Gasteiger partial charge in [0, 0.05) is 23.3 Å². The molecular formula is C20H18N4O5S. The van der Waals surface area contributed by atoms with Crippen LogP contribution in [0.15, 0.2) is 48.1 Å². The van der Waals surface area contributed by atoms with Crippen molar-refractivity contribution >= 4 is 40.0 Å². The first-order valence-electron chi connectivity index (χ1n) is 8.88. The van der Waals surface area contributed by atoms with E-state index in [1.165, 1.54) is 23.7 Å². The summed E-state index contributed by atoms with van der Waals surface area (Å²) in [6.07, 6.45) is 2.62. The normalized spacial score (nSPS) is 10.3. The minimum atomic E-state index is -0.877. The van der Waals surface area contributed by atoms with Crippen LogP contribution in [0.3, 0.4) is 0 Å². The Morgan fingerprint density at radius 2 is 1.80 bits per heavy atom. The molecule has 0 fully saturated rings. The number of thiophene rings is 1. The van der Waals surface area contributed by atoms with Gasteiger partial charge < -0.3 is 20.5 Å². The Kier molecular flexibility index (Phi) is 6.71.